The SMILES string of the molecule is COc1ccc(-c2cc(-c3ccccc3)nc(SCC(=O)[O-])c2C#N)cc1.COc1ccccc1-c1cc(-c2ccccc2)nc(SCC(=O)[O-])c1C#N. The third kappa shape index (κ3) is 9.63. The number of aromatic nitrogens is 2. The number of aliphatic carboxylic acids is 2. The van der Waals surface area contributed by atoms with Crippen LogP contribution in [-0.2, 0) is 9.59 Å². The lowest BCUT2D eigenvalue weighted by Crippen LogP contribution is -2.24. The number of nitrogens with zero attached hydrogens (tertiary/aromatic N) is 4. The van der Waals surface area contributed by atoms with Gasteiger partial charge in [-0.1, -0.05) is 115 Å². The molecule has 4 aromatic carbocycles. The number of rotatable bonds is 12. The van der Waals surface area contributed by atoms with Crippen molar-refractivity contribution in [3.05, 3.63) is 132 Å². The van der Waals surface area contributed by atoms with Crippen molar-refractivity contribution >= 4 is 35.5 Å². The number of benzene rings is 4. The quantitative estimate of drug-likeness (QED) is 0.129. The molecule has 0 aliphatic heterocycles. The average molecular weight is 751 g/mol. The minimum atomic E-state index is -1.21. The Kier molecular flexibility index (Phi) is 13.4. The van der Waals surface area contributed by atoms with E-state index in [1.807, 2.05) is 121 Å². The lowest BCUT2D eigenvalue weighted by molar-refractivity contribution is -0.302. The van der Waals surface area contributed by atoms with Crippen molar-refractivity contribution in [3.8, 4) is 68.4 Å². The molecule has 6 rings (SSSR count). The molecule has 0 unspecified atom stereocenters. The van der Waals surface area contributed by atoms with Crippen molar-refractivity contribution in [3.63, 3.8) is 0 Å². The molecule has 54 heavy (non-hydrogen) atoms. The molecule has 0 spiro atoms. The van der Waals surface area contributed by atoms with E-state index >= 15 is 0 Å². The van der Waals surface area contributed by atoms with Crippen molar-refractivity contribution in [1.82, 2.24) is 9.97 Å². The molecule has 0 saturated carbocycles. The standard InChI is InChI=1S/2C21H16N2O3S/c1-26-19-10-6-5-9-15(19)16-11-18(14-7-3-2-4-8-14)23-21(17(16)12-22)27-13-20(24)25;1-26-16-9-7-14(8-10-16)17-11-19(15-5-3-2-4-6-15)23-21(18(17)12-22)27-13-20(24)25/h2*2-11H,13H2,1H3,(H,24,25)/p-2. The van der Waals surface area contributed by atoms with Crippen molar-refractivity contribution in [2.24, 2.45) is 0 Å². The number of methoxy groups -OCH3 is 2. The second-order valence-corrected chi connectivity index (χ2v) is 13.1. The Labute approximate surface area is 320 Å². The van der Waals surface area contributed by atoms with Crippen LogP contribution in [0.1, 0.15) is 11.1 Å². The van der Waals surface area contributed by atoms with E-state index in [0.29, 0.717) is 55.2 Å². The molecule has 0 atom stereocenters. The van der Waals surface area contributed by atoms with Crippen LogP contribution in [0.25, 0.3) is 44.8 Å². The summed E-state index contributed by atoms with van der Waals surface area (Å²) >= 11 is 1.96. The molecular formula is C42H30N4O6S2-2. The van der Waals surface area contributed by atoms with E-state index in [2.05, 4.69) is 22.1 Å². The molecular weight excluding hydrogens is 721 g/mol. The molecule has 268 valence electrons. The number of thioether (sulfide) groups is 2. The van der Waals surface area contributed by atoms with Gasteiger partial charge in [0.1, 0.15) is 33.7 Å². The third-order valence-corrected chi connectivity index (χ3v) is 9.68. The first-order chi connectivity index (χ1) is 26.3. The Morgan fingerprint density at radius 3 is 1.52 bits per heavy atom. The number of pyridine rings is 2. The van der Waals surface area contributed by atoms with Crippen LogP contribution in [0.4, 0.5) is 0 Å². The van der Waals surface area contributed by atoms with Gasteiger partial charge in [0.2, 0.25) is 0 Å². The predicted octanol–water partition coefficient (Wildman–Crippen LogP) is 6.28. The first-order valence-electron chi connectivity index (χ1n) is 16.2. The zero-order valence-electron chi connectivity index (χ0n) is 29.0. The molecule has 0 amide bonds. The Balaban J connectivity index is 0.000000208. The number of carboxylic acids is 2. The van der Waals surface area contributed by atoms with Crippen LogP contribution < -0.4 is 19.7 Å². The van der Waals surface area contributed by atoms with E-state index in [1.165, 1.54) is 0 Å². The molecule has 0 radical (unpaired) electrons. The van der Waals surface area contributed by atoms with Crippen LogP contribution in [-0.4, -0.2) is 47.6 Å². The van der Waals surface area contributed by atoms with Crippen molar-refractivity contribution in [1.29, 1.82) is 10.5 Å². The second kappa shape index (κ2) is 18.8. The Morgan fingerprint density at radius 2 is 1.06 bits per heavy atom. The summed E-state index contributed by atoms with van der Waals surface area (Å²) in [5, 5.41) is 42.0. The zero-order valence-corrected chi connectivity index (χ0v) is 30.6. The van der Waals surface area contributed by atoms with Crippen molar-refractivity contribution < 1.29 is 29.3 Å². The first-order valence-corrected chi connectivity index (χ1v) is 18.2. The molecule has 2 aromatic heterocycles. The molecule has 0 saturated heterocycles. The lowest BCUT2D eigenvalue weighted by atomic mass is 9.98. The van der Waals surface area contributed by atoms with E-state index in [9.17, 15) is 30.3 Å². The van der Waals surface area contributed by atoms with Gasteiger partial charge in [0.05, 0.1) is 48.7 Å². The highest BCUT2D eigenvalue weighted by molar-refractivity contribution is 8.00. The molecule has 0 N–H and O–H groups in total. The smallest absolute Gasteiger partial charge is 0.126 e. The van der Waals surface area contributed by atoms with Crippen LogP contribution in [0.15, 0.2) is 131 Å². The number of nitriles is 2. The molecule has 0 aliphatic rings. The maximum absolute atomic E-state index is 10.9. The Morgan fingerprint density at radius 1 is 0.593 bits per heavy atom. The Hall–Kier alpha value is -6.60. The maximum Gasteiger partial charge on any atom is 0.126 e. The summed E-state index contributed by atoms with van der Waals surface area (Å²) in [7, 11) is 3.15. The summed E-state index contributed by atoms with van der Waals surface area (Å²) in [6.07, 6.45) is 0. The molecule has 12 heteroatoms. The van der Waals surface area contributed by atoms with E-state index in [4.69, 9.17) is 9.47 Å². The number of hydrogen-bond donors (Lipinski definition) is 0. The fourth-order valence-corrected chi connectivity index (χ4v) is 6.75. The highest BCUT2D eigenvalue weighted by Gasteiger charge is 2.19. The summed E-state index contributed by atoms with van der Waals surface area (Å²) in [4.78, 5) is 30.9. The normalized spacial score (nSPS) is 10.2. The van der Waals surface area contributed by atoms with Gasteiger partial charge < -0.3 is 29.3 Å². The number of ether oxygens (including phenoxy) is 2. The van der Waals surface area contributed by atoms with Crippen LogP contribution in [0, 0.1) is 22.7 Å². The fourth-order valence-electron chi connectivity index (χ4n) is 5.31. The fraction of sp³-hybridized carbons (Fsp3) is 0.0952. The molecule has 2 heterocycles. The predicted molar refractivity (Wildman–Crippen MR) is 204 cm³/mol. The van der Waals surface area contributed by atoms with Crippen molar-refractivity contribution in [2.75, 3.05) is 25.7 Å². The minimum absolute atomic E-state index is 0.276. The number of para-hydroxylation sites is 1. The van der Waals surface area contributed by atoms with Gasteiger partial charge in [-0.05, 0) is 35.9 Å². The Bertz CT molecular complexity index is 2340. The minimum Gasteiger partial charge on any atom is -0.549 e. The van der Waals surface area contributed by atoms with Gasteiger partial charge in [-0.3, -0.25) is 0 Å². The topological polar surface area (TPSA) is 172 Å². The summed E-state index contributed by atoms with van der Waals surface area (Å²) in [5.74, 6) is -1.65. The maximum atomic E-state index is 10.9. The average Bonchev–Trinajstić information content (AvgIpc) is 3.22. The number of carbonyl (C=O) groups excluding carboxylic acids is 2. The van der Waals surface area contributed by atoms with E-state index < -0.39 is 11.9 Å². The summed E-state index contributed by atoms with van der Waals surface area (Å²) in [5.41, 5.74) is 6.61. The van der Waals surface area contributed by atoms with Gasteiger partial charge in [0.25, 0.3) is 0 Å². The third-order valence-electron chi connectivity index (χ3n) is 7.79. The monoisotopic (exact) mass is 750 g/mol. The van der Waals surface area contributed by atoms with Gasteiger partial charge >= 0.3 is 0 Å². The summed E-state index contributed by atoms with van der Waals surface area (Å²) < 4.78 is 10.6. The van der Waals surface area contributed by atoms with Crippen LogP contribution in [0.2, 0.25) is 0 Å². The number of carboxylic acid groups (broad SMARTS) is 2. The highest BCUT2D eigenvalue weighted by Crippen LogP contribution is 2.38. The molecule has 10 nitrogen and oxygen atoms in total. The molecule has 6 aromatic rings. The van der Waals surface area contributed by atoms with Crippen LogP contribution in [0.5, 0.6) is 11.5 Å². The number of hydrogen-bond acceptors (Lipinski definition) is 12. The van der Waals surface area contributed by atoms with Gasteiger partial charge in [0, 0.05) is 39.3 Å². The van der Waals surface area contributed by atoms with Crippen molar-refractivity contribution in [2.45, 2.75) is 10.1 Å². The van der Waals surface area contributed by atoms with Crippen LogP contribution >= 0.6 is 23.5 Å². The van der Waals surface area contributed by atoms with E-state index in [-0.39, 0.29) is 11.5 Å². The second-order valence-electron chi connectivity index (χ2n) is 11.2. The highest BCUT2D eigenvalue weighted by atomic mass is 32.2. The summed E-state index contributed by atoms with van der Waals surface area (Å²) in [6, 6.07) is 41.8. The molecule has 0 fully saturated rings. The van der Waals surface area contributed by atoms with E-state index in [1.54, 1.807) is 14.2 Å². The van der Waals surface area contributed by atoms with Crippen LogP contribution in [0.3, 0.4) is 0 Å². The van der Waals surface area contributed by atoms with E-state index in [0.717, 1.165) is 45.8 Å². The van der Waals surface area contributed by atoms with Gasteiger partial charge in [-0.15, -0.1) is 0 Å². The lowest BCUT2D eigenvalue weighted by Gasteiger charge is -2.14. The molecule has 0 aliphatic carbocycles. The summed E-state index contributed by atoms with van der Waals surface area (Å²) in [6.45, 7) is 0. The van der Waals surface area contributed by atoms with Gasteiger partial charge in [-0.25, -0.2) is 9.97 Å². The zero-order chi connectivity index (χ0) is 38.5. The largest absolute Gasteiger partial charge is 0.549 e. The molecule has 0 bridgehead atoms. The van der Waals surface area contributed by atoms with Gasteiger partial charge in [-0.2, -0.15) is 10.5 Å². The van der Waals surface area contributed by atoms with Gasteiger partial charge in [0.15, 0.2) is 0 Å². The first kappa shape index (κ1) is 38.6. The number of carbonyl (C=O) groups is 2.